The van der Waals surface area contributed by atoms with Gasteiger partial charge in [0, 0.05) is 6.04 Å². The first-order valence-electron chi connectivity index (χ1n) is 7.78. The molecule has 0 bridgehead atoms. The summed E-state index contributed by atoms with van der Waals surface area (Å²) in [6, 6.07) is 0.169. The number of carbonyl (C=O) groups is 1. The van der Waals surface area contributed by atoms with Crippen molar-refractivity contribution >= 4 is 11.7 Å². The molecule has 1 atom stereocenters. The van der Waals surface area contributed by atoms with Crippen molar-refractivity contribution in [1.29, 1.82) is 0 Å². The van der Waals surface area contributed by atoms with Crippen LogP contribution in [0, 0.1) is 17.3 Å². The summed E-state index contributed by atoms with van der Waals surface area (Å²) in [5.41, 5.74) is 4.99. The average Bonchev–Trinajstić information content (AvgIpc) is 2.43. The van der Waals surface area contributed by atoms with Crippen LogP contribution in [-0.2, 0) is 4.79 Å². The monoisotopic (exact) mass is 281 g/mol. The average molecular weight is 281 g/mol. The normalized spacial score (nSPS) is 33.3. The highest BCUT2D eigenvalue weighted by atomic mass is 16.4. The molecule has 20 heavy (non-hydrogen) atoms. The molecule has 1 amide bonds. The second-order valence-electron chi connectivity index (χ2n) is 6.74. The van der Waals surface area contributed by atoms with Gasteiger partial charge in [-0.3, -0.25) is 4.79 Å². The van der Waals surface area contributed by atoms with Crippen molar-refractivity contribution in [2.45, 2.75) is 64.8 Å². The lowest BCUT2D eigenvalue weighted by atomic mass is 9.61. The molecule has 4 N–H and O–H groups in total. The number of carbonyl (C=O) groups excluding carboxylic acids is 1. The number of rotatable bonds is 4. The van der Waals surface area contributed by atoms with Crippen LogP contribution in [0.1, 0.15) is 58.8 Å². The van der Waals surface area contributed by atoms with E-state index in [-0.39, 0.29) is 17.8 Å². The van der Waals surface area contributed by atoms with Crippen LogP contribution >= 0.6 is 0 Å². The highest BCUT2D eigenvalue weighted by Gasteiger charge is 2.52. The number of amides is 1. The van der Waals surface area contributed by atoms with Gasteiger partial charge in [-0.05, 0) is 44.4 Å². The molecule has 0 aromatic heterocycles. The number of amidine groups is 1. The van der Waals surface area contributed by atoms with Gasteiger partial charge in [-0.2, -0.15) is 0 Å². The van der Waals surface area contributed by atoms with Crippen molar-refractivity contribution in [3.05, 3.63) is 0 Å². The maximum Gasteiger partial charge on any atom is 0.234 e. The Morgan fingerprint density at radius 1 is 1.35 bits per heavy atom. The largest absolute Gasteiger partial charge is 0.409 e. The van der Waals surface area contributed by atoms with Crippen molar-refractivity contribution in [2.75, 3.05) is 0 Å². The molecule has 114 valence electrons. The van der Waals surface area contributed by atoms with E-state index in [9.17, 15) is 4.79 Å². The van der Waals surface area contributed by atoms with Gasteiger partial charge in [0.15, 0.2) is 5.84 Å². The number of hydrogen-bond acceptors (Lipinski definition) is 3. The van der Waals surface area contributed by atoms with E-state index in [0.29, 0.717) is 24.7 Å². The first-order valence-corrected chi connectivity index (χ1v) is 7.78. The number of nitrogens with one attached hydrogen (secondary N) is 1. The first kappa shape index (κ1) is 15.1. The summed E-state index contributed by atoms with van der Waals surface area (Å²) in [4.78, 5) is 12.6. The first-order chi connectivity index (χ1) is 9.49. The Balaban J connectivity index is 1.98. The molecule has 1 unspecified atom stereocenters. The lowest BCUT2D eigenvalue weighted by Gasteiger charge is -2.44. The van der Waals surface area contributed by atoms with Crippen LogP contribution in [0.3, 0.4) is 0 Å². The Morgan fingerprint density at radius 2 is 1.95 bits per heavy atom. The van der Waals surface area contributed by atoms with Gasteiger partial charge in [-0.15, -0.1) is 0 Å². The molecule has 0 spiro atoms. The van der Waals surface area contributed by atoms with Gasteiger partial charge in [0.2, 0.25) is 5.91 Å². The Kier molecular flexibility index (Phi) is 4.55. The lowest BCUT2D eigenvalue weighted by molar-refractivity contribution is -0.134. The summed E-state index contributed by atoms with van der Waals surface area (Å²) in [7, 11) is 0. The molecule has 0 aromatic carbocycles. The standard InChI is InChI=1S/C15H27N3O2/c1-10-8-15(9-10,13(16)18-20)14(19)17-11(2)12-6-4-3-5-7-12/h10-12,20H,3-9H2,1-2H3,(H2,16,18)(H,17,19). The van der Waals surface area contributed by atoms with E-state index in [0.717, 1.165) is 0 Å². The Labute approximate surface area is 121 Å². The zero-order chi connectivity index (χ0) is 14.8. The SMILES string of the molecule is CC1CC(C(=O)NC(C)C2CCCCC2)(C(N)=NO)C1. The smallest absolute Gasteiger partial charge is 0.234 e. The molecule has 0 saturated heterocycles. The van der Waals surface area contributed by atoms with Crippen molar-refractivity contribution in [3.8, 4) is 0 Å². The summed E-state index contributed by atoms with van der Waals surface area (Å²) < 4.78 is 0. The van der Waals surface area contributed by atoms with Crippen molar-refractivity contribution < 1.29 is 10.0 Å². The molecule has 0 aliphatic heterocycles. The Hall–Kier alpha value is -1.26. The minimum absolute atomic E-state index is 0.0592. The number of nitrogens with zero attached hydrogens (tertiary/aromatic N) is 1. The summed E-state index contributed by atoms with van der Waals surface area (Å²) in [6.07, 6.45) is 7.55. The fourth-order valence-electron chi connectivity index (χ4n) is 3.83. The zero-order valence-electron chi connectivity index (χ0n) is 12.6. The fourth-order valence-corrected chi connectivity index (χ4v) is 3.83. The minimum Gasteiger partial charge on any atom is -0.409 e. The van der Waals surface area contributed by atoms with Gasteiger partial charge in [-0.25, -0.2) is 0 Å². The Morgan fingerprint density at radius 3 is 2.45 bits per heavy atom. The topological polar surface area (TPSA) is 87.7 Å². The van der Waals surface area contributed by atoms with E-state index in [2.05, 4.69) is 24.3 Å². The molecule has 5 heteroatoms. The minimum atomic E-state index is -0.781. The molecule has 0 aromatic rings. The van der Waals surface area contributed by atoms with Crippen LogP contribution in [0.25, 0.3) is 0 Å². The highest BCUT2D eigenvalue weighted by molar-refractivity contribution is 6.07. The van der Waals surface area contributed by atoms with Crippen LogP contribution in [0.4, 0.5) is 0 Å². The third-order valence-corrected chi connectivity index (χ3v) is 5.14. The van der Waals surface area contributed by atoms with Gasteiger partial charge in [0.1, 0.15) is 5.41 Å². The summed E-state index contributed by atoms with van der Waals surface area (Å²) >= 11 is 0. The molecule has 0 heterocycles. The van der Waals surface area contributed by atoms with Crippen LogP contribution < -0.4 is 11.1 Å². The summed E-state index contributed by atoms with van der Waals surface area (Å²) in [5, 5.41) is 15.1. The third kappa shape index (κ3) is 2.76. The van der Waals surface area contributed by atoms with Gasteiger partial charge in [0.25, 0.3) is 0 Å². The molecule has 2 fully saturated rings. The quantitative estimate of drug-likeness (QED) is 0.319. The Bertz CT molecular complexity index is 383. The van der Waals surface area contributed by atoms with E-state index in [4.69, 9.17) is 10.9 Å². The van der Waals surface area contributed by atoms with Gasteiger partial charge in [-0.1, -0.05) is 31.3 Å². The molecule has 2 rings (SSSR count). The fraction of sp³-hybridized carbons (Fsp3) is 0.867. The second-order valence-corrected chi connectivity index (χ2v) is 6.74. The van der Waals surface area contributed by atoms with Gasteiger partial charge in [0.05, 0.1) is 0 Å². The van der Waals surface area contributed by atoms with Crippen LogP contribution in [-0.4, -0.2) is 23.0 Å². The lowest BCUT2D eigenvalue weighted by Crippen LogP contribution is -2.58. The molecule has 2 aliphatic rings. The van der Waals surface area contributed by atoms with Crippen molar-refractivity contribution in [2.24, 2.45) is 28.1 Å². The van der Waals surface area contributed by atoms with Crippen molar-refractivity contribution in [3.63, 3.8) is 0 Å². The molecular formula is C15H27N3O2. The third-order valence-electron chi connectivity index (χ3n) is 5.14. The maximum atomic E-state index is 12.6. The molecule has 0 radical (unpaired) electrons. The number of hydrogen-bond donors (Lipinski definition) is 3. The summed E-state index contributed by atoms with van der Waals surface area (Å²) in [6.45, 7) is 4.16. The van der Waals surface area contributed by atoms with Crippen LogP contribution in [0.5, 0.6) is 0 Å². The van der Waals surface area contributed by atoms with E-state index in [1.54, 1.807) is 0 Å². The predicted molar refractivity (Wildman–Crippen MR) is 78.4 cm³/mol. The second kappa shape index (κ2) is 6.02. The number of nitrogens with two attached hydrogens (primary N) is 1. The van der Waals surface area contributed by atoms with Gasteiger partial charge >= 0.3 is 0 Å². The molecule has 5 nitrogen and oxygen atoms in total. The van der Waals surface area contributed by atoms with E-state index < -0.39 is 5.41 Å². The maximum absolute atomic E-state index is 12.6. The van der Waals surface area contributed by atoms with Gasteiger partial charge < -0.3 is 16.3 Å². The molecule has 2 saturated carbocycles. The predicted octanol–water partition coefficient (Wildman–Crippen LogP) is 2.23. The summed E-state index contributed by atoms with van der Waals surface area (Å²) in [5.74, 6) is 1.01. The number of oxime groups is 1. The van der Waals surface area contributed by atoms with E-state index >= 15 is 0 Å². The van der Waals surface area contributed by atoms with Crippen molar-refractivity contribution in [1.82, 2.24) is 5.32 Å². The van der Waals surface area contributed by atoms with E-state index in [1.165, 1.54) is 32.1 Å². The van der Waals surface area contributed by atoms with Crippen LogP contribution in [0.15, 0.2) is 5.16 Å². The highest BCUT2D eigenvalue weighted by Crippen LogP contribution is 2.46. The molecular weight excluding hydrogens is 254 g/mol. The zero-order valence-corrected chi connectivity index (χ0v) is 12.6. The molecule has 2 aliphatic carbocycles. The van der Waals surface area contributed by atoms with Crippen LogP contribution in [0.2, 0.25) is 0 Å². The van der Waals surface area contributed by atoms with E-state index in [1.807, 2.05) is 0 Å².